The first-order valence-electron chi connectivity index (χ1n) is 25.0. The number of nitrogens with zero attached hydrogens (tertiary/aromatic N) is 2. The number of morpholine rings is 1. The number of allylic oxidation sites excluding steroid dienone is 1. The van der Waals surface area contributed by atoms with Gasteiger partial charge in [0.15, 0.2) is 0 Å². The van der Waals surface area contributed by atoms with Gasteiger partial charge < -0.3 is 25.0 Å². The van der Waals surface area contributed by atoms with Gasteiger partial charge in [0, 0.05) is 73.2 Å². The largest absolute Gasteiger partial charge is 0.446 e. The molecule has 2 N–H and O–H groups in total. The lowest BCUT2D eigenvalue weighted by Crippen LogP contribution is -2.51. The summed E-state index contributed by atoms with van der Waals surface area (Å²) in [6.45, 7) is 16.5. The fourth-order valence-corrected chi connectivity index (χ4v) is 13.7. The number of anilines is 1. The zero-order valence-corrected chi connectivity index (χ0v) is 39.1. The Bertz CT molecular complexity index is 2000. The average molecular weight is 865 g/mol. The second kappa shape index (κ2) is 19.7. The van der Waals surface area contributed by atoms with Crippen LogP contribution in [0.2, 0.25) is 0 Å². The van der Waals surface area contributed by atoms with Gasteiger partial charge in [-0.2, -0.15) is 0 Å². The van der Waals surface area contributed by atoms with Crippen molar-refractivity contribution in [2.75, 3.05) is 50.8 Å². The first kappa shape index (κ1) is 45.6. The van der Waals surface area contributed by atoms with Crippen molar-refractivity contribution in [3.8, 4) is 0 Å². The zero-order valence-electron chi connectivity index (χ0n) is 39.1. The quantitative estimate of drug-likeness (QED) is 0.0924. The molecule has 10 heteroatoms. The smallest absolute Gasteiger partial charge is 0.407 e. The number of rotatable bonds is 17. The Labute approximate surface area is 377 Å². The number of imide groups is 1. The highest BCUT2D eigenvalue weighted by Gasteiger charge is 2.59. The maximum absolute atomic E-state index is 13.6. The number of hydrogen-bond acceptors (Lipinski definition) is 7. The maximum Gasteiger partial charge on any atom is 0.407 e. The molecule has 2 aromatic carbocycles. The lowest BCUT2D eigenvalue weighted by molar-refractivity contribution is -0.120. The van der Waals surface area contributed by atoms with E-state index in [1.807, 2.05) is 30.3 Å². The van der Waals surface area contributed by atoms with E-state index in [-0.39, 0.29) is 42.2 Å². The summed E-state index contributed by atoms with van der Waals surface area (Å²) < 4.78 is 11.5. The van der Waals surface area contributed by atoms with Gasteiger partial charge in [0.05, 0.1) is 13.2 Å². The molecule has 3 saturated carbocycles. The molecule has 0 aromatic heterocycles. The van der Waals surface area contributed by atoms with Crippen molar-refractivity contribution >= 4 is 40.3 Å². The van der Waals surface area contributed by atoms with E-state index in [0.717, 1.165) is 104 Å². The summed E-state index contributed by atoms with van der Waals surface area (Å²) >= 11 is 0. The molecule has 1 saturated heterocycles. The molecule has 2 heterocycles. The lowest BCUT2D eigenvalue weighted by atomic mass is 9.47. The van der Waals surface area contributed by atoms with Gasteiger partial charge >= 0.3 is 6.09 Å². The highest BCUT2D eigenvalue weighted by atomic mass is 16.6. The number of hydrogen-bond donors (Lipinski definition) is 2. The minimum atomic E-state index is -0.429. The van der Waals surface area contributed by atoms with Crippen molar-refractivity contribution in [2.24, 2.45) is 46.3 Å². The highest BCUT2D eigenvalue weighted by Crippen LogP contribution is 2.67. The molecule has 8 rings (SSSR count). The highest BCUT2D eigenvalue weighted by molar-refractivity contribution is 6.26. The summed E-state index contributed by atoms with van der Waals surface area (Å²) in [5, 5.41) is 7.49. The third-order valence-corrected chi connectivity index (χ3v) is 17.1. The van der Waals surface area contributed by atoms with E-state index >= 15 is 0 Å². The van der Waals surface area contributed by atoms with Gasteiger partial charge in [-0.25, -0.2) is 4.79 Å². The lowest BCUT2D eigenvalue weighted by Gasteiger charge is -2.58. The fraction of sp³-hybridized carbons (Fsp3) is 0.698. The molecular formula is C53H76N4O6. The number of carbonyl (C=O) groups is 4. The second-order valence-electron chi connectivity index (χ2n) is 21.2. The number of fused-ring (bicyclic) bond motifs is 5. The number of nitrogens with one attached hydrogen (secondary N) is 2. The number of amides is 4. The first-order valence-corrected chi connectivity index (χ1v) is 25.0. The molecule has 4 amide bonds. The third kappa shape index (κ3) is 9.44. The molecule has 0 spiro atoms. The zero-order chi connectivity index (χ0) is 44.3. The Kier molecular flexibility index (Phi) is 14.3. The van der Waals surface area contributed by atoms with Crippen LogP contribution in [0.15, 0.2) is 42.0 Å². The van der Waals surface area contributed by atoms with E-state index in [0.29, 0.717) is 49.3 Å². The number of carbonyl (C=O) groups excluding carboxylic acids is 4. The van der Waals surface area contributed by atoms with Crippen LogP contribution in [-0.2, 0) is 14.3 Å². The van der Waals surface area contributed by atoms with Crippen molar-refractivity contribution in [2.45, 2.75) is 143 Å². The summed E-state index contributed by atoms with van der Waals surface area (Å²) in [5.41, 5.74) is 4.42. The molecule has 4 fully saturated rings. The number of unbranched alkanes of at least 4 members (excludes halogenated alkanes) is 3. The van der Waals surface area contributed by atoms with Crippen LogP contribution >= 0.6 is 0 Å². The standard InChI is InChI=1S/C53H76N4O6/c1-35(2)12-10-13-36(3)43-19-20-44-39-17-16-37-34-38(22-25-52(37,4)45(39)23-26-53(43,44)5)63-51(61)55-28-24-47(58)54-27-8-6-7-9-29-57-49(59)41-15-11-14-40-46(56-30-32-62-33-31-56)21-18-42(48(40)41)50(57)60/h11,14-16,18,21,35-36,38-39,43-45H,6-10,12-13,17,19-20,22-34H2,1-5H3,(H,54,58)(H,55,61)/t36-,38+,39+,43-,44+,45+,52+,53-/m1/s1. The summed E-state index contributed by atoms with van der Waals surface area (Å²) in [7, 11) is 0. The van der Waals surface area contributed by atoms with Crippen LogP contribution in [-0.4, -0.2) is 80.8 Å². The summed E-state index contributed by atoms with van der Waals surface area (Å²) in [4.78, 5) is 56.2. The van der Waals surface area contributed by atoms with Gasteiger partial charge in [0.25, 0.3) is 11.8 Å². The Morgan fingerprint density at radius 1 is 0.841 bits per heavy atom. The average Bonchev–Trinajstić information content (AvgIpc) is 3.63. The SMILES string of the molecule is CC(C)CCC[C@@H](C)[C@H]1CC[C@H]2[C@@H]3CC=C4C[C@@H](OC(=O)NCCC(=O)NCCCCCCN5C(=O)c6cccc7c(N8CCOCC8)ccc(c67)C5=O)CC[C@]4(C)[C@H]3CC[C@]12C. The van der Waals surface area contributed by atoms with Crippen LogP contribution in [0.3, 0.4) is 0 Å². The first-order chi connectivity index (χ1) is 30.4. The monoisotopic (exact) mass is 865 g/mol. The van der Waals surface area contributed by atoms with E-state index < -0.39 is 6.09 Å². The fourth-order valence-electron chi connectivity index (χ4n) is 13.7. The minimum Gasteiger partial charge on any atom is -0.446 e. The van der Waals surface area contributed by atoms with Crippen LogP contribution in [0.25, 0.3) is 10.8 Å². The molecule has 2 aromatic rings. The molecular weight excluding hydrogens is 789 g/mol. The van der Waals surface area contributed by atoms with E-state index in [2.05, 4.69) is 56.2 Å². The summed E-state index contributed by atoms with van der Waals surface area (Å²) in [6.07, 6.45) is 19.0. The van der Waals surface area contributed by atoms with Crippen LogP contribution in [0.4, 0.5) is 10.5 Å². The second-order valence-corrected chi connectivity index (χ2v) is 21.2. The molecule has 344 valence electrons. The van der Waals surface area contributed by atoms with Crippen LogP contribution < -0.4 is 15.5 Å². The number of benzene rings is 2. The van der Waals surface area contributed by atoms with Gasteiger partial charge in [0.1, 0.15) is 6.10 Å². The predicted octanol–water partition coefficient (Wildman–Crippen LogP) is 10.5. The van der Waals surface area contributed by atoms with Crippen molar-refractivity contribution in [1.82, 2.24) is 15.5 Å². The van der Waals surface area contributed by atoms with Gasteiger partial charge in [0.2, 0.25) is 5.91 Å². The number of alkyl carbamates (subject to hydrolysis) is 1. The van der Waals surface area contributed by atoms with E-state index in [1.165, 1.54) is 61.8 Å². The van der Waals surface area contributed by atoms with E-state index in [9.17, 15) is 19.2 Å². The van der Waals surface area contributed by atoms with Crippen molar-refractivity contribution < 1.29 is 28.7 Å². The molecule has 10 nitrogen and oxygen atoms in total. The van der Waals surface area contributed by atoms with Crippen molar-refractivity contribution in [3.63, 3.8) is 0 Å². The van der Waals surface area contributed by atoms with Crippen LogP contribution in [0.1, 0.15) is 158 Å². The molecule has 8 atom stereocenters. The normalized spacial score (nSPS) is 29.5. The Balaban J connectivity index is 0.709. The molecule has 0 unspecified atom stereocenters. The maximum atomic E-state index is 13.6. The minimum absolute atomic E-state index is 0.0995. The van der Waals surface area contributed by atoms with Crippen LogP contribution in [0.5, 0.6) is 0 Å². The van der Waals surface area contributed by atoms with Crippen molar-refractivity contribution in [1.29, 1.82) is 0 Å². The Morgan fingerprint density at radius 3 is 2.41 bits per heavy atom. The molecule has 4 aliphatic carbocycles. The Hall–Kier alpha value is -3.92. The van der Waals surface area contributed by atoms with E-state index in [4.69, 9.17) is 9.47 Å². The summed E-state index contributed by atoms with van der Waals surface area (Å²) in [6, 6.07) is 9.61. The van der Waals surface area contributed by atoms with Gasteiger partial charge in [-0.05, 0) is 122 Å². The molecule has 63 heavy (non-hydrogen) atoms. The molecule has 2 aliphatic heterocycles. The molecule has 0 bridgehead atoms. The topological polar surface area (TPSA) is 117 Å². The number of ether oxygens (including phenoxy) is 2. The Morgan fingerprint density at radius 2 is 1.62 bits per heavy atom. The van der Waals surface area contributed by atoms with Gasteiger partial charge in [-0.1, -0.05) is 90.5 Å². The van der Waals surface area contributed by atoms with Gasteiger partial charge in [-0.3, -0.25) is 19.3 Å². The predicted molar refractivity (Wildman–Crippen MR) is 250 cm³/mol. The third-order valence-electron chi connectivity index (χ3n) is 17.1. The molecule has 0 radical (unpaired) electrons. The molecule has 6 aliphatic rings. The van der Waals surface area contributed by atoms with Crippen LogP contribution in [0, 0.1) is 46.3 Å². The summed E-state index contributed by atoms with van der Waals surface area (Å²) in [5.74, 6) is 4.28. The van der Waals surface area contributed by atoms with E-state index in [1.54, 1.807) is 0 Å². The van der Waals surface area contributed by atoms with Gasteiger partial charge in [-0.15, -0.1) is 0 Å². The van der Waals surface area contributed by atoms with Crippen molar-refractivity contribution in [3.05, 3.63) is 53.1 Å².